The monoisotopic (exact) mass is 727 g/mol. The Morgan fingerprint density at radius 3 is 2.20 bits per heavy atom. The maximum atomic E-state index is 9.81. The van der Waals surface area contributed by atoms with E-state index in [2.05, 4.69) is 180 Å². The summed E-state index contributed by atoms with van der Waals surface area (Å²) >= 11 is 0. The quantitative estimate of drug-likeness (QED) is 0.0773. The Kier molecular flexibility index (Phi) is 9.75. The molecule has 0 fully saturated rings. The zero-order chi connectivity index (χ0) is 37.8. The smallest absolute Gasteiger partial charge is 0.121 e. The molecule has 4 aliphatic rings. The highest BCUT2D eigenvalue weighted by Gasteiger charge is 2.30. The Morgan fingerprint density at radius 1 is 0.679 bits per heavy atom. The van der Waals surface area contributed by atoms with E-state index in [1.54, 1.807) is 0 Å². The zero-order valence-electron chi connectivity index (χ0n) is 31.1. The van der Waals surface area contributed by atoms with E-state index in [0.29, 0.717) is 12.3 Å². The minimum atomic E-state index is -0.440. The molecule has 5 atom stereocenters. The maximum absolute atomic E-state index is 9.81. The molecule has 4 unspecified atom stereocenters. The van der Waals surface area contributed by atoms with E-state index in [9.17, 15) is 5.41 Å². The van der Waals surface area contributed by atoms with Crippen LogP contribution in [0.1, 0.15) is 46.3 Å². The zero-order valence-corrected chi connectivity index (χ0v) is 31.1. The van der Waals surface area contributed by atoms with Crippen molar-refractivity contribution in [3.63, 3.8) is 0 Å². The first kappa shape index (κ1) is 35.0. The summed E-state index contributed by atoms with van der Waals surface area (Å²) < 4.78 is 0. The van der Waals surface area contributed by atoms with Crippen molar-refractivity contribution in [1.82, 2.24) is 10.6 Å². The van der Waals surface area contributed by atoms with Gasteiger partial charge in [-0.1, -0.05) is 158 Å². The Morgan fingerprint density at radius 2 is 1.39 bits per heavy atom. The molecule has 5 nitrogen and oxygen atoms in total. The van der Waals surface area contributed by atoms with E-state index in [0.717, 1.165) is 55.9 Å². The van der Waals surface area contributed by atoms with Gasteiger partial charge in [-0.15, -0.1) is 0 Å². The Labute approximate surface area is 329 Å². The van der Waals surface area contributed by atoms with Crippen LogP contribution in [-0.2, 0) is 0 Å². The van der Waals surface area contributed by atoms with Crippen molar-refractivity contribution < 1.29 is 0 Å². The average Bonchev–Trinajstić information content (AvgIpc) is 3.28. The minimum Gasteiger partial charge on any atom is -0.378 e. The first-order chi connectivity index (χ1) is 27.6. The third-order valence-corrected chi connectivity index (χ3v) is 11.2. The summed E-state index contributed by atoms with van der Waals surface area (Å²) in [6.07, 6.45) is 22.6. The highest BCUT2D eigenvalue weighted by atomic mass is 15.0. The van der Waals surface area contributed by atoms with Crippen LogP contribution < -0.4 is 21.7 Å². The van der Waals surface area contributed by atoms with Gasteiger partial charge in [0.15, 0.2) is 0 Å². The van der Waals surface area contributed by atoms with Gasteiger partial charge in [0.25, 0.3) is 0 Å². The van der Waals surface area contributed by atoms with E-state index in [4.69, 9.17) is 5.73 Å². The summed E-state index contributed by atoms with van der Waals surface area (Å²) in [5.41, 5.74) is 20.4. The second-order valence-electron chi connectivity index (χ2n) is 14.9. The number of hydrogen-bond acceptors (Lipinski definition) is 4. The van der Waals surface area contributed by atoms with Crippen molar-refractivity contribution in [2.24, 2.45) is 11.7 Å². The van der Waals surface area contributed by atoms with E-state index < -0.39 is 12.1 Å². The van der Waals surface area contributed by atoms with Crippen molar-refractivity contribution in [2.75, 3.05) is 5.32 Å². The van der Waals surface area contributed by atoms with Crippen LogP contribution >= 0.6 is 0 Å². The first-order valence-corrected chi connectivity index (χ1v) is 19.5. The van der Waals surface area contributed by atoms with Crippen LogP contribution in [0.5, 0.6) is 0 Å². The third kappa shape index (κ3) is 7.37. The number of nitrogens with one attached hydrogen (secondary N) is 4. The van der Waals surface area contributed by atoms with Crippen LogP contribution in [0.2, 0.25) is 0 Å². The predicted molar refractivity (Wildman–Crippen MR) is 234 cm³/mol. The van der Waals surface area contributed by atoms with E-state index >= 15 is 0 Å². The van der Waals surface area contributed by atoms with E-state index in [1.165, 1.54) is 11.1 Å². The van der Waals surface area contributed by atoms with Crippen LogP contribution in [0, 0.1) is 11.3 Å². The van der Waals surface area contributed by atoms with Gasteiger partial charge in [-0.05, 0) is 98.5 Å². The number of anilines is 1. The summed E-state index contributed by atoms with van der Waals surface area (Å²) in [4.78, 5) is 0. The summed E-state index contributed by atoms with van der Waals surface area (Å²) in [6.45, 7) is 0. The van der Waals surface area contributed by atoms with Gasteiger partial charge in [-0.2, -0.15) is 0 Å². The molecule has 9 rings (SSSR count). The summed E-state index contributed by atoms with van der Waals surface area (Å²) in [6, 6.07) is 45.7. The molecule has 0 amide bonds. The molecule has 0 spiro atoms. The van der Waals surface area contributed by atoms with Gasteiger partial charge in [-0.3, -0.25) is 5.41 Å². The molecular weight excluding hydrogens is 683 g/mol. The van der Waals surface area contributed by atoms with Crippen molar-refractivity contribution in [3.05, 3.63) is 227 Å². The van der Waals surface area contributed by atoms with E-state index in [-0.39, 0.29) is 18.0 Å². The maximum Gasteiger partial charge on any atom is 0.121 e. The van der Waals surface area contributed by atoms with Gasteiger partial charge in [0, 0.05) is 17.3 Å². The molecule has 2 heterocycles. The number of rotatable bonds is 9. The third-order valence-electron chi connectivity index (χ3n) is 11.2. The summed E-state index contributed by atoms with van der Waals surface area (Å²) in [5, 5.41) is 21.1. The molecule has 2 aliphatic heterocycles. The standard InChI is InChI=1S/C51H45N5/c52-49(38-20-8-3-9-21-38)50(43-30-39(34-14-4-1-5-15-34)28-41(32-43)47-26-24-36-18-10-12-22-45(36)54-47)56-51(53)44-31-40(35-16-6-2-7-17-35)29-42(33-44)48-27-25-37-19-11-13-23-46(37)55-48/h1-32,42,45,48-50,54-55H,33,52H2,(H2,53,56)/t42?,45?,48?,49-,50?/m1/s1. The number of para-hydroxylation sites is 1. The number of hydrogen-bond donors (Lipinski definition) is 5. The largest absolute Gasteiger partial charge is 0.378 e. The summed E-state index contributed by atoms with van der Waals surface area (Å²) in [7, 11) is 0. The number of amidine groups is 1. The van der Waals surface area contributed by atoms with Crippen LogP contribution in [0.3, 0.4) is 0 Å². The highest BCUT2D eigenvalue weighted by molar-refractivity contribution is 6.00. The lowest BCUT2D eigenvalue weighted by Gasteiger charge is -2.33. The van der Waals surface area contributed by atoms with Crippen LogP contribution in [-0.4, -0.2) is 17.9 Å². The number of nitrogens with two attached hydrogens (primary N) is 1. The molecule has 5 aromatic rings. The predicted octanol–water partition coefficient (Wildman–Crippen LogP) is 10.6. The highest BCUT2D eigenvalue weighted by Crippen LogP contribution is 2.38. The summed E-state index contributed by atoms with van der Waals surface area (Å²) in [5.74, 6) is 0.499. The SMILES string of the molecule is N=C(NC(c1cc(C2=CC=C3C=CC=CC3N2)cc(-c2ccccc2)c1)[C@H](N)c1ccccc1)C1=CC(c2ccccc2)=CC(C2C=Cc3ccccc3N2)C1. The second-order valence-corrected chi connectivity index (χ2v) is 14.9. The van der Waals surface area contributed by atoms with Gasteiger partial charge in [0.1, 0.15) is 5.84 Å². The van der Waals surface area contributed by atoms with Crippen molar-refractivity contribution in [3.8, 4) is 11.1 Å². The van der Waals surface area contributed by atoms with Crippen molar-refractivity contribution in [2.45, 2.75) is 30.6 Å². The van der Waals surface area contributed by atoms with Crippen molar-refractivity contribution in [1.29, 1.82) is 5.41 Å². The van der Waals surface area contributed by atoms with Crippen LogP contribution in [0.25, 0.3) is 28.5 Å². The average molecular weight is 728 g/mol. The Balaban J connectivity index is 1.10. The fourth-order valence-corrected chi connectivity index (χ4v) is 8.21. The molecule has 0 saturated heterocycles. The molecule has 6 N–H and O–H groups in total. The minimum absolute atomic E-state index is 0.0768. The first-order valence-electron chi connectivity index (χ1n) is 19.5. The van der Waals surface area contributed by atoms with E-state index in [1.807, 2.05) is 30.3 Å². The number of dihydropyridines is 1. The number of benzene rings is 5. The molecule has 0 radical (unpaired) electrons. The molecule has 0 bridgehead atoms. The lowest BCUT2D eigenvalue weighted by Crippen LogP contribution is -2.38. The van der Waals surface area contributed by atoms with Crippen LogP contribution in [0.15, 0.2) is 199 Å². The fourth-order valence-electron chi connectivity index (χ4n) is 8.21. The molecule has 5 aromatic carbocycles. The second kappa shape index (κ2) is 15.6. The van der Waals surface area contributed by atoms with Gasteiger partial charge in [-0.25, -0.2) is 0 Å². The topological polar surface area (TPSA) is 86.0 Å². The molecular formula is C51H45N5. The molecule has 274 valence electrons. The normalized spacial score (nSPS) is 20.4. The molecule has 0 saturated carbocycles. The van der Waals surface area contributed by atoms with Crippen LogP contribution in [0.4, 0.5) is 5.69 Å². The van der Waals surface area contributed by atoms with Gasteiger partial charge in [0.05, 0.1) is 24.2 Å². The Hall–Kier alpha value is -6.69. The van der Waals surface area contributed by atoms with Gasteiger partial charge >= 0.3 is 0 Å². The fraction of sp³-hybridized carbons (Fsp3) is 0.118. The molecule has 5 heteroatoms. The number of allylic oxidation sites excluding steroid dienone is 6. The molecule has 0 aromatic heterocycles. The number of fused-ring (bicyclic) bond motifs is 2. The molecule has 56 heavy (non-hydrogen) atoms. The van der Waals surface area contributed by atoms with Gasteiger partial charge in [0.2, 0.25) is 0 Å². The lowest BCUT2D eigenvalue weighted by molar-refractivity contribution is 0.520. The van der Waals surface area contributed by atoms with Crippen molar-refractivity contribution >= 4 is 28.9 Å². The lowest BCUT2D eigenvalue weighted by atomic mass is 9.81. The molecule has 2 aliphatic carbocycles. The Bertz CT molecular complexity index is 2470. The van der Waals surface area contributed by atoms with Gasteiger partial charge < -0.3 is 21.7 Å².